The summed E-state index contributed by atoms with van der Waals surface area (Å²) in [7, 11) is -2.38. The summed E-state index contributed by atoms with van der Waals surface area (Å²) in [5.74, 6) is -0.571. The molecule has 8 heteroatoms. The van der Waals surface area contributed by atoms with Gasteiger partial charge < -0.3 is 4.74 Å². The van der Waals surface area contributed by atoms with Crippen molar-refractivity contribution < 1.29 is 23.2 Å². The van der Waals surface area contributed by atoms with E-state index in [1.807, 2.05) is 0 Å². The minimum atomic E-state index is -3.87. The molecule has 0 saturated heterocycles. The van der Waals surface area contributed by atoms with E-state index in [0.29, 0.717) is 5.75 Å². The third-order valence-corrected chi connectivity index (χ3v) is 5.44. The van der Waals surface area contributed by atoms with Gasteiger partial charge in [0.1, 0.15) is 11.8 Å². The topological polar surface area (TPSA) is 95.9 Å². The highest BCUT2D eigenvalue weighted by Crippen LogP contribution is 2.26. The Balaban J connectivity index is 2.41. The van der Waals surface area contributed by atoms with E-state index in [1.54, 1.807) is 19.1 Å². The minimum Gasteiger partial charge on any atom is -0.497 e. The summed E-state index contributed by atoms with van der Waals surface area (Å²) in [4.78, 5) is 11.9. The first-order valence-electron chi connectivity index (χ1n) is 6.68. The fraction of sp³-hybridized carbons (Fsp3) is 0.357. The molecule has 2 N–H and O–H groups in total. The van der Waals surface area contributed by atoms with Crippen molar-refractivity contribution in [3.63, 3.8) is 0 Å². The average molecular weight is 326 g/mol. The smallest absolute Gasteiger partial charge is 0.262 e. The van der Waals surface area contributed by atoms with Crippen LogP contribution in [-0.4, -0.2) is 43.5 Å². The Morgan fingerprint density at radius 2 is 2.00 bits per heavy atom. The molecule has 0 aliphatic carbocycles. The number of hydroxylamine groups is 1. The summed E-state index contributed by atoms with van der Waals surface area (Å²) < 4.78 is 31.6. The molecule has 1 aliphatic rings. The quantitative estimate of drug-likeness (QED) is 0.484. The fourth-order valence-corrected chi connectivity index (χ4v) is 4.05. The van der Waals surface area contributed by atoms with E-state index < -0.39 is 22.0 Å². The van der Waals surface area contributed by atoms with Crippen LogP contribution in [0.3, 0.4) is 0 Å². The first-order valence-corrected chi connectivity index (χ1v) is 8.12. The zero-order chi connectivity index (χ0) is 16.3. The van der Waals surface area contributed by atoms with E-state index in [0.717, 1.165) is 4.31 Å². The minimum absolute atomic E-state index is 0.0616. The number of hydrogen-bond donors (Lipinski definition) is 2. The Kier molecular flexibility index (Phi) is 4.84. The van der Waals surface area contributed by atoms with Crippen LogP contribution in [-0.2, 0) is 14.8 Å². The van der Waals surface area contributed by atoms with Crippen LogP contribution in [0, 0.1) is 5.92 Å². The van der Waals surface area contributed by atoms with Gasteiger partial charge in [-0.05, 0) is 30.2 Å². The van der Waals surface area contributed by atoms with Crippen LogP contribution in [0.15, 0.2) is 41.3 Å². The van der Waals surface area contributed by atoms with Gasteiger partial charge in [-0.1, -0.05) is 19.1 Å². The number of amides is 1. The summed E-state index contributed by atoms with van der Waals surface area (Å²) in [6, 6.07) is 4.92. The second kappa shape index (κ2) is 6.47. The van der Waals surface area contributed by atoms with Gasteiger partial charge in [0.25, 0.3) is 5.91 Å². The molecule has 2 unspecified atom stereocenters. The summed E-state index contributed by atoms with van der Waals surface area (Å²) in [5.41, 5.74) is 1.54. The highest BCUT2D eigenvalue weighted by Gasteiger charge is 2.39. The number of ether oxygens (including phenoxy) is 1. The molecule has 0 radical (unpaired) electrons. The van der Waals surface area contributed by atoms with Crippen LogP contribution in [0.25, 0.3) is 0 Å². The zero-order valence-corrected chi connectivity index (χ0v) is 13.1. The third kappa shape index (κ3) is 2.99. The van der Waals surface area contributed by atoms with Gasteiger partial charge >= 0.3 is 0 Å². The Morgan fingerprint density at radius 3 is 2.55 bits per heavy atom. The number of carbonyl (C=O) groups is 1. The van der Waals surface area contributed by atoms with E-state index in [2.05, 4.69) is 0 Å². The van der Waals surface area contributed by atoms with Gasteiger partial charge in [-0.15, -0.1) is 0 Å². The number of nitrogens with zero attached hydrogens (tertiary/aromatic N) is 1. The third-order valence-electron chi connectivity index (χ3n) is 3.58. The molecule has 0 spiro atoms. The highest BCUT2D eigenvalue weighted by atomic mass is 32.2. The number of nitrogens with one attached hydrogen (secondary N) is 1. The molecule has 1 heterocycles. The number of benzene rings is 1. The zero-order valence-electron chi connectivity index (χ0n) is 12.3. The van der Waals surface area contributed by atoms with Gasteiger partial charge in [0, 0.05) is 6.54 Å². The predicted octanol–water partition coefficient (Wildman–Crippen LogP) is 0.766. The van der Waals surface area contributed by atoms with Gasteiger partial charge in [0.05, 0.1) is 12.0 Å². The maximum Gasteiger partial charge on any atom is 0.262 e. The first kappa shape index (κ1) is 16.5. The molecule has 120 valence electrons. The van der Waals surface area contributed by atoms with E-state index in [9.17, 15) is 13.2 Å². The van der Waals surface area contributed by atoms with Gasteiger partial charge in [-0.3, -0.25) is 10.0 Å². The normalized spacial score (nSPS) is 22.3. The molecule has 1 aliphatic heterocycles. The van der Waals surface area contributed by atoms with Crippen molar-refractivity contribution in [3.8, 4) is 5.75 Å². The number of hydrogen-bond acceptors (Lipinski definition) is 5. The largest absolute Gasteiger partial charge is 0.497 e. The molecule has 1 aromatic rings. The highest BCUT2D eigenvalue weighted by molar-refractivity contribution is 7.89. The van der Waals surface area contributed by atoms with E-state index in [1.165, 1.54) is 36.9 Å². The summed E-state index contributed by atoms with van der Waals surface area (Å²) in [6.45, 7) is 1.78. The lowest BCUT2D eigenvalue weighted by Gasteiger charge is -2.34. The lowest BCUT2D eigenvalue weighted by Crippen LogP contribution is -2.53. The number of sulfonamides is 1. The molecule has 2 atom stereocenters. The summed E-state index contributed by atoms with van der Waals surface area (Å²) >= 11 is 0. The molecular formula is C14H18N2O5S. The van der Waals surface area contributed by atoms with E-state index >= 15 is 0 Å². The first-order chi connectivity index (χ1) is 10.4. The summed E-state index contributed by atoms with van der Waals surface area (Å²) in [5, 5.41) is 8.87. The van der Waals surface area contributed by atoms with Gasteiger partial charge in [0.2, 0.25) is 10.0 Å². The molecule has 0 bridgehead atoms. The number of carbonyl (C=O) groups excluding carboxylic acids is 1. The van der Waals surface area contributed by atoms with Crippen LogP contribution in [0.1, 0.15) is 6.92 Å². The molecule has 0 saturated carbocycles. The molecule has 2 rings (SSSR count). The predicted molar refractivity (Wildman–Crippen MR) is 78.9 cm³/mol. The van der Waals surface area contributed by atoms with Crippen molar-refractivity contribution in [2.24, 2.45) is 5.92 Å². The molecule has 0 fully saturated rings. The number of rotatable bonds is 4. The van der Waals surface area contributed by atoms with Crippen molar-refractivity contribution in [1.82, 2.24) is 9.79 Å². The second-order valence-electron chi connectivity index (χ2n) is 4.96. The average Bonchev–Trinajstić information content (AvgIpc) is 2.54. The van der Waals surface area contributed by atoms with Crippen molar-refractivity contribution in [2.45, 2.75) is 17.9 Å². The van der Waals surface area contributed by atoms with Crippen molar-refractivity contribution >= 4 is 15.9 Å². The van der Waals surface area contributed by atoms with E-state index in [4.69, 9.17) is 9.94 Å². The van der Waals surface area contributed by atoms with Crippen LogP contribution < -0.4 is 10.2 Å². The standard InChI is InChI=1S/C14H18N2O5S/c1-10-4-3-9-16(13(10)14(17)15-18)22(19,20)12-7-5-11(21-2)6-8-12/h3-8,10,13,18H,9H2,1-2H3,(H,15,17). The second-order valence-corrected chi connectivity index (χ2v) is 6.85. The molecule has 1 aromatic carbocycles. The van der Waals surface area contributed by atoms with E-state index in [-0.39, 0.29) is 17.4 Å². The van der Waals surface area contributed by atoms with Crippen molar-refractivity contribution in [3.05, 3.63) is 36.4 Å². The van der Waals surface area contributed by atoms with Gasteiger partial charge in [-0.25, -0.2) is 13.9 Å². The van der Waals surface area contributed by atoms with Crippen molar-refractivity contribution in [2.75, 3.05) is 13.7 Å². The Bertz CT molecular complexity index is 669. The van der Waals surface area contributed by atoms with Crippen LogP contribution >= 0.6 is 0 Å². The SMILES string of the molecule is COc1ccc(S(=O)(=O)N2CC=CC(C)C2C(=O)NO)cc1. The molecule has 7 nitrogen and oxygen atoms in total. The fourth-order valence-electron chi connectivity index (χ4n) is 2.43. The molecular weight excluding hydrogens is 308 g/mol. The number of methoxy groups -OCH3 is 1. The van der Waals surface area contributed by atoms with Crippen LogP contribution in [0.4, 0.5) is 0 Å². The Hall–Kier alpha value is -1.90. The lowest BCUT2D eigenvalue weighted by atomic mass is 9.98. The maximum absolute atomic E-state index is 12.8. The van der Waals surface area contributed by atoms with Crippen LogP contribution in [0.2, 0.25) is 0 Å². The summed E-state index contributed by atoms with van der Waals surface area (Å²) in [6.07, 6.45) is 3.44. The van der Waals surface area contributed by atoms with Gasteiger partial charge in [0.15, 0.2) is 0 Å². The maximum atomic E-state index is 12.8. The Morgan fingerprint density at radius 1 is 1.36 bits per heavy atom. The Labute approximate surface area is 129 Å². The van der Waals surface area contributed by atoms with Crippen molar-refractivity contribution in [1.29, 1.82) is 0 Å². The molecule has 0 aromatic heterocycles. The molecule has 1 amide bonds. The monoisotopic (exact) mass is 326 g/mol. The lowest BCUT2D eigenvalue weighted by molar-refractivity contribution is -0.134. The van der Waals surface area contributed by atoms with Crippen LogP contribution in [0.5, 0.6) is 5.75 Å². The van der Waals surface area contributed by atoms with Gasteiger partial charge in [-0.2, -0.15) is 4.31 Å². The molecule has 22 heavy (non-hydrogen) atoms.